The van der Waals surface area contributed by atoms with E-state index in [0.717, 1.165) is 18.5 Å². The molecule has 1 N–H and O–H groups in total. The van der Waals surface area contributed by atoms with Gasteiger partial charge in [-0.15, -0.1) is 0 Å². The highest BCUT2D eigenvalue weighted by Crippen LogP contribution is 2.29. The minimum Gasteiger partial charge on any atom is -0.310 e. The van der Waals surface area contributed by atoms with E-state index >= 15 is 0 Å². The van der Waals surface area contributed by atoms with Crippen molar-refractivity contribution in [1.29, 1.82) is 0 Å². The Kier molecular flexibility index (Phi) is 5.38. The van der Waals surface area contributed by atoms with Crippen LogP contribution in [0, 0.1) is 19.7 Å². The van der Waals surface area contributed by atoms with Gasteiger partial charge in [-0.2, -0.15) is 0 Å². The summed E-state index contributed by atoms with van der Waals surface area (Å²) in [6.45, 7) is 7.07. The van der Waals surface area contributed by atoms with Crippen LogP contribution in [0.25, 0.3) is 0 Å². The monoisotopic (exact) mass is 305 g/mol. The van der Waals surface area contributed by atoms with Crippen LogP contribution in [-0.2, 0) is 6.42 Å². The van der Waals surface area contributed by atoms with Gasteiger partial charge in [0.15, 0.2) is 0 Å². The van der Waals surface area contributed by atoms with E-state index in [4.69, 9.17) is 11.6 Å². The molecule has 1 unspecified atom stereocenters. The topological polar surface area (TPSA) is 12.0 Å². The molecule has 112 valence electrons. The third-order valence-corrected chi connectivity index (χ3v) is 4.26. The maximum Gasteiger partial charge on any atom is 0.142 e. The molecule has 2 rings (SSSR count). The number of hydrogen-bond donors (Lipinski definition) is 1. The Labute approximate surface area is 131 Å². The molecule has 0 amide bonds. The third-order valence-electron chi connectivity index (χ3n) is 3.86. The Bertz CT molecular complexity index is 604. The van der Waals surface area contributed by atoms with Crippen LogP contribution in [0.4, 0.5) is 4.39 Å². The van der Waals surface area contributed by atoms with Crippen LogP contribution in [0.3, 0.4) is 0 Å². The third kappa shape index (κ3) is 3.63. The first-order chi connectivity index (χ1) is 10.0. The molecule has 1 atom stereocenters. The predicted molar refractivity (Wildman–Crippen MR) is 87.4 cm³/mol. The molecule has 0 aromatic heterocycles. The summed E-state index contributed by atoms with van der Waals surface area (Å²) in [4.78, 5) is 0. The average Bonchev–Trinajstić information content (AvgIpc) is 2.45. The van der Waals surface area contributed by atoms with Gasteiger partial charge in [-0.25, -0.2) is 4.39 Å². The molecule has 2 aromatic rings. The van der Waals surface area contributed by atoms with Gasteiger partial charge in [-0.05, 0) is 55.1 Å². The summed E-state index contributed by atoms with van der Waals surface area (Å²) in [5, 5.41) is 3.64. The number of nitrogens with one attached hydrogen (secondary N) is 1. The molecule has 0 heterocycles. The first-order valence-electron chi connectivity index (χ1n) is 7.27. The van der Waals surface area contributed by atoms with Crippen molar-refractivity contribution < 1.29 is 4.39 Å². The van der Waals surface area contributed by atoms with Gasteiger partial charge in [0.25, 0.3) is 0 Å². The molecular formula is C18H21ClFN. The number of benzene rings is 2. The molecule has 2 aromatic carbocycles. The Balaban J connectivity index is 2.38. The number of hydrogen-bond acceptors (Lipinski definition) is 1. The Morgan fingerprint density at radius 1 is 1.10 bits per heavy atom. The molecule has 0 aliphatic heterocycles. The highest BCUT2D eigenvalue weighted by Gasteiger charge is 2.18. The fourth-order valence-corrected chi connectivity index (χ4v) is 2.96. The van der Waals surface area contributed by atoms with Gasteiger partial charge in [0.1, 0.15) is 5.82 Å². The van der Waals surface area contributed by atoms with Crippen LogP contribution < -0.4 is 5.32 Å². The second-order valence-corrected chi connectivity index (χ2v) is 5.71. The molecule has 0 fully saturated rings. The molecule has 0 spiro atoms. The summed E-state index contributed by atoms with van der Waals surface area (Å²) in [6, 6.07) is 11.3. The van der Waals surface area contributed by atoms with Crippen molar-refractivity contribution in [3.05, 3.63) is 69.5 Å². The summed E-state index contributed by atoms with van der Waals surface area (Å²) < 4.78 is 13.7. The average molecular weight is 306 g/mol. The molecule has 0 aliphatic rings. The number of rotatable bonds is 5. The SMILES string of the molecule is CCNC(Cc1c(C)cccc1C)c1cccc(F)c1Cl. The van der Waals surface area contributed by atoms with Crippen molar-refractivity contribution >= 4 is 11.6 Å². The van der Waals surface area contributed by atoms with Crippen LogP contribution in [0.2, 0.25) is 5.02 Å². The molecule has 3 heteroatoms. The van der Waals surface area contributed by atoms with Crippen molar-refractivity contribution in [3.8, 4) is 0 Å². The zero-order chi connectivity index (χ0) is 15.4. The first-order valence-corrected chi connectivity index (χ1v) is 7.64. The lowest BCUT2D eigenvalue weighted by molar-refractivity contribution is 0.541. The second kappa shape index (κ2) is 7.06. The van der Waals surface area contributed by atoms with Crippen molar-refractivity contribution in [2.45, 2.75) is 33.2 Å². The maximum absolute atomic E-state index is 13.7. The molecule has 0 saturated carbocycles. The lowest BCUT2D eigenvalue weighted by Crippen LogP contribution is -2.24. The lowest BCUT2D eigenvalue weighted by atomic mass is 9.93. The summed E-state index contributed by atoms with van der Waals surface area (Å²) in [7, 11) is 0. The molecule has 21 heavy (non-hydrogen) atoms. The maximum atomic E-state index is 13.7. The van der Waals surface area contributed by atoms with Crippen molar-refractivity contribution in [2.24, 2.45) is 0 Å². The van der Waals surface area contributed by atoms with Gasteiger partial charge in [-0.1, -0.05) is 48.9 Å². The summed E-state index contributed by atoms with van der Waals surface area (Å²) in [5.41, 5.74) is 4.63. The Hall–Kier alpha value is -1.38. The van der Waals surface area contributed by atoms with Gasteiger partial charge < -0.3 is 5.32 Å². The molecular weight excluding hydrogens is 285 g/mol. The van der Waals surface area contributed by atoms with Crippen LogP contribution in [0.15, 0.2) is 36.4 Å². The van der Waals surface area contributed by atoms with Crippen LogP contribution in [-0.4, -0.2) is 6.54 Å². The summed E-state index contributed by atoms with van der Waals surface area (Å²) in [6.07, 6.45) is 0.801. The van der Waals surface area contributed by atoms with E-state index in [2.05, 4.69) is 37.4 Å². The second-order valence-electron chi connectivity index (χ2n) is 5.33. The smallest absolute Gasteiger partial charge is 0.142 e. The Morgan fingerprint density at radius 2 is 1.71 bits per heavy atom. The van der Waals surface area contributed by atoms with Crippen LogP contribution in [0.1, 0.15) is 35.2 Å². The van der Waals surface area contributed by atoms with Gasteiger partial charge in [0.2, 0.25) is 0 Å². The lowest BCUT2D eigenvalue weighted by Gasteiger charge is -2.22. The first kappa shape index (κ1) is 16.0. The number of aryl methyl sites for hydroxylation is 2. The highest BCUT2D eigenvalue weighted by molar-refractivity contribution is 6.31. The molecule has 0 aliphatic carbocycles. The largest absolute Gasteiger partial charge is 0.310 e. The van der Waals surface area contributed by atoms with Gasteiger partial charge in [0.05, 0.1) is 5.02 Å². The van der Waals surface area contributed by atoms with E-state index in [1.165, 1.54) is 22.8 Å². The van der Waals surface area contributed by atoms with E-state index < -0.39 is 0 Å². The van der Waals surface area contributed by atoms with Crippen molar-refractivity contribution in [2.75, 3.05) is 6.54 Å². The van der Waals surface area contributed by atoms with E-state index in [-0.39, 0.29) is 16.9 Å². The van der Waals surface area contributed by atoms with E-state index in [1.54, 1.807) is 6.07 Å². The van der Waals surface area contributed by atoms with Crippen molar-refractivity contribution in [3.63, 3.8) is 0 Å². The minimum atomic E-state index is -0.362. The highest BCUT2D eigenvalue weighted by atomic mass is 35.5. The standard InChI is InChI=1S/C18H21ClFN/c1-4-21-17(14-9-6-10-16(20)18(14)19)11-15-12(2)7-5-8-13(15)3/h5-10,17,21H,4,11H2,1-3H3. The summed E-state index contributed by atoms with van der Waals surface area (Å²) in [5.74, 6) is -0.362. The number of halogens is 2. The zero-order valence-electron chi connectivity index (χ0n) is 12.7. The zero-order valence-corrected chi connectivity index (χ0v) is 13.5. The fourth-order valence-electron chi connectivity index (χ4n) is 2.70. The fraction of sp³-hybridized carbons (Fsp3) is 0.333. The van der Waals surface area contributed by atoms with Crippen LogP contribution >= 0.6 is 11.6 Å². The molecule has 1 nitrogen and oxygen atoms in total. The van der Waals surface area contributed by atoms with Gasteiger partial charge >= 0.3 is 0 Å². The minimum absolute atomic E-state index is 0.0120. The molecule has 0 radical (unpaired) electrons. The normalized spacial score (nSPS) is 12.4. The van der Waals surface area contributed by atoms with Crippen LogP contribution in [0.5, 0.6) is 0 Å². The van der Waals surface area contributed by atoms with E-state index in [0.29, 0.717) is 0 Å². The Morgan fingerprint density at radius 3 is 2.33 bits per heavy atom. The predicted octanol–water partition coefficient (Wildman–Crippen LogP) is 4.99. The van der Waals surface area contributed by atoms with E-state index in [1.807, 2.05) is 13.0 Å². The molecule has 0 saturated heterocycles. The van der Waals surface area contributed by atoms with Crippen molar-refractivity contribution in [1.82, 2.24) is 5.32 Å². The quantitative estimate of drug-likeness (QED) is 0.820. The van der Waals surface area contributed by atoms with E-state index in [9.17, 15) is 4.39 Å². The van der Waals surface area contributed by atoms with Gasteiger partial charge in [0, 0.05) is 6.04 Å². The van der Waals surface area contributed by atoms with Gasteiger partial charge in [-0.3, -0.25) is 0 Å². The summed E-state index contributed by atoms with van der Waals surface area (Å²) >= 11 is 6.15. The number of likely N-dealkylation sites (N-methyl/N-ethyl adjacent to an activating group) is 1. The molecule has 0 bridgehead atoms.